The summed E-state index contributed by atoms with van der Waals surface area (Å²) in [5.41, 5.74) is -2.83. The largest absolute Gasteiger partial charge is 0.481 e. The van der Waals surface area contributed by atoms with E-state index >= 15 is 4.79 Å². The highest BCUT2D eigenvalue weighted by Crippen LogP contribution is 2.77. The highest BCUT2D eigenvalue weighted by molar-refractivity contribution is 5.78. The van der Waals surface area contributed by atoms with E-state index in [9.17, 15) is 5.11 Å². The number of aliphatic carboxylic acids is 1. The molecule has 0 amide bonds. The Kier molecular flexibility index (Phi) is 10.7. The van der Waals surface area contributed by atoms with E-state index in [0.717, 1.165) is 58.3 Å². The van der Waals surface area contributed by atoms with Crippen LogP contribution in [-0.4, -0.2) is 107 Å². The summed E-state index contributed by atoms with van der Waals surface area (Å²) in [7, 11) is 9.18. The van der Waals surface area contributed by atoms with E-state index in [4.69, 9.17) is 0 Å². The maximum Gasteiger partial charge on any atom is 0.310 e. The Morgan fingerprint density at radius 2 is 0.706 bits per heavy atom. The minimum atomic E-state index is -0.979. The molecule has 4 rings (SSSR count). The molecule has 6 nitrogen and oxygen atoms in total. The lowest BCUT2D eigenvalue weighted by Crippen LogP contribution is -2.78. The zero-order valence-corrected chi connectivity index (χ0v) is 37.8. The van der Waals surface area contributed by atoms with Crippen molar-refractivity contribution in [2.75, 3.05) is 54.4 Å². The van der Waals surface area contributed by atoms with Gasteiger partial charge in [-0.2, -0.15) is 0 Å². The first-order valence-corrected chi connectivity index (χ1v) is 20.9. The highest BCUT2D eigenvalue weighted by atomic mass is 16.4. The van der Waals surface area contributed by atoms with Crippen LogP contribution in [-0.2, 0) is 4.79 Å². The van der Waals surface area contributed by atoms with Gasteiger partial charge in [0.2, 0.25) is 0 Å². The molecular formula is C45H86N4O2. The Balaban J connectivity index is 2.34. The van der Waals surface area contributed by atoms with Crippen LogP contribution in [0.3, 0.4) is 0 Å². The first kappa shape index (κ1) is 43.0. The minimum Gasteiger partial charge on any atom is -0.481 e. The number of rotatable bonds is 7. The van der Waals surface area contributed by atoms with Crippen molar-refractivity contribution >= 4 is 5.97 Å². The lowest BCUT2D eigenvalue weighted by atomic mass is 9.30. The smallest absolute Gasteiger partial charge is 0.310 e. The Labute approximate surface area is 317 Å². The van der Waals surface area contributed by atoms with E-state index < -0.39 is 16.8 Å². The number of hydrogen-bond acceptors (Lipinski definition) is 5. The van der Waals surface area contributed by atoms with E-state index in [1.54, 1.807) is 0 Å². The molecule has 0 bridgehead atoms. The van der Waals surface area contributed by atoms with Crippen LogP contribution >= 0.6 is 0 Å². The third-order valence-corrected chi connectivity index (χ3v) is 20.7. The number of hydrogen-bond donors (Lipinski definition) is 1. The summed E-state index contributed by atoms with van der Waals surface area (Å²) < 4.78 is 0. The molecule has 4 aliphatic rings. The molecule has 4 aliphatic heterocycles. The van der Waals surface area contributed by atoms with Crippen LogP contribution in [0, 0.1) is 56.2 Å². The van der Waals surface area contributed by atoms with E-state index in [2.05, 4.69) is 165 Å². The Morgan fingerprint density at radius 3 is 0.922 bits per heavy atom. The zero-order chi connectivity index (χ0) is 39.6. The third kappa shape index (κ3) is 5.23. The van der Waals surface area contributed by atoms with Crippen molar-refractivity contribution in [3.8, 4) is 0 Å². The zero-order valence-electron chi connectivity index (χ0n) is 37.8. The van der Waals surface area contributed by atoms with Crippen LogP contribution in [0.4, 0.5) is 0 Å². The van der Waals surface area contributed by atoms with Gasteiger partial charge in [-0.15, -0.1) is 0 Å². The SMILES string of the molecule is CCC(C1CCN(C)C(C)(C)C1(C)C)(C1CCN(C)C(C)(C)C1(C)C)C(C(=O)O)(C1CCN(C)C(C)(C)C1(C)C)C1CCN(C)C(C)(C)C1(C)C. The van der Waals surface area contributed by atoms with E-state index in [1.165, 1.54) is 0 Å². The molecule has 4 unspecified atom stereocenters. The molecule has 0 spiro atoms. The second-order valence-electron chi connectivity index (χ2n) is 22.7. The van der Waals surface area contributed by atoms with Crippen molar-refractivity contribution in [1.82, 2.24) is 19.6 Å². The van der Waals surface area contributed by atoms with Crippen molar-refractivity contribution in [3.63, 3.8) is 0 Å². The summed E-state index contributed by atoms with van der Waals surface area (Å²) in [5.74, 6) is -0.0688. The topological polar surface area (TPSA) is 50.3 Å². The van der Waals surface area contributed by atoms with Gasteiger partial charge in [0.1, 0.15) is 0 Å². The Hall–Kier alpha value is -0.690. The molecule has 1 N–H and O–H groups in total. The molecular weight excluding hydrogens is 629 g/mol. The van der Waals surface area contributed by atoms with E-state index in [0.29, 0.717) is 0 Å². The normalized spacial score (nSPS) is 37.2. The van der Waals surface area contributed by atoms with Gasteiger partial charge < -0.3 is 24.7 Å². The average molecular weight is 715 g/mol. The van der Waals surface area contributed by atoms with Crippen LogP contribution in [0.25, 0.3) is 0 Å². The number of piperidine rings is 4. The van der Waals surface area contributed by atoms with Crippen molar-refractivity contribution in [3.05, 3.63) is 0 Å². The van der Waals surface area contributed by atoms with Gasteiger partial charge in [0.25, 0.3) is 0 Å². The lowest BCUT2D eigenvalue weighted by molar-refractivity contribution is -0.291. The van der Waals surface area contributed by atoms with E-state index in [-0.39, 0.29) is 67.5 Å². The number of carboxylic acids is 1. The second kappa shape index (κ2) is 12.7. The van der Waals surface area contributed by atoms with Gasteiger partial charge in [-0.25, -0.2) is 0 Å². The molecule has 6 heteroatoms. The van der Waals surface area contributed by atoms with Crippen LogP contribution in [0.15, 0.2) is 0 Å². The molecule has 0 aromatic rings. The summed E-state index contributed by atoms with van der Waals surface area (Å²) in [4.78, 5) is 26.1. The molecule has 0 aromatic heterocycles. The molecule has 0 saturated carbocycles. The molecule has 4 heterocycles. The lowest BCUT2D eigenvalue weighted by Gasteiger charge is -2.76. The monoisotopic (exact) mass is 715 g/mol. The number of carbonyl (C=O) groups is 1. The standard InChI is InChI=1S/C45H86N4O2/c1-22-44(31-23-27-46(18)40(10,11)36(31,2)3,32-24-28-47(19)41(12,13)37(32,4)5)45(35(50)51,33-25-29-48(20)42(14,15)38(33,6)7)34-26-30-49(21)43(16,17)39(34,8)9/h31-34H,22-30H2,1-21H3,(H,50,51). The maximum atomic E-state index is 15.9. The summed E-state index contributed by atoms with van der Waals surface area (Å²) >= 11 is 0. The molecule has 0 aromatic carbocycles. The van der Waals surface area contributed by atoms with Gasteiger partial charge in [-0.1, -0.05) is 62.3 Å². The molecule has 298 valence electrons. The fraction of sp³-hybridized carbons (Fsp3) is 0.978. The van der Waals surface area contributed by atoms with Gasteiger partial charge in [0.15, 0.2) is 0 Å². The summed E-state index contributed by atoms with van der Waals surface area (Å²) in [6.45, 7) is 45.8. The number of carboxylic acid groups (broad SMARTS) is 1. The van der Waals surface area contributed by atoms with Gasteiger partial charge >= 0.3 is 5.97 Å². The minimum absolute atomic E-state index is 0.00531. The maximum absolute atomic E-state index is 15.9. The first-order chi connectivity index (χ1) is 22.8. The van der Waals surface area contributed by atoms with Crippen LogP contribution in [0.2, 0.25) is 0 Å². The average Bonchev–Trinajstić information content (AvgIpc) is 2.98. The fourth-order valence-electron chi connectivity index (χ4n) is 13.9. The summed E-state index contributed by atoms with van der Waals surface area (Å²) in [6.07, 6.45) is 4.78. The van der Waals surface area contributed by atoms with Gasteiger partial charge in [0, 0.05) is 22.2 Å². The molecule has 4 saturated heterocycles. The molecule has 4 atom stereocenters. The summed E-state index contributed by atoms with van der Waals surface area (Å²) in [6, 6.07) is 0. The Bertz CT molecular complexity index is 1220. The van der Waals surface area contributed by atoms with Gasteiger partial charge in [0.05, 0.1) is 5.41 Å². The van der Waals surface area contributed by atoms with Crippen molar-refractivity contribution < 1.29 is 9.90 Å². The third-order valence-electron chi connectivity index (χ3n) is 20.7. The predicted octanol–water partition coefficient (Wildman–Crippen LogP) is 9.48. The van der Waals surface area contributed by atoms with Gasteiger partial charge in [-0.05, 0) is 193 Å². The van der Waals surface area contributed by atoms with Crippen molar-refractivity contribution in [1.29, 1.82) is 0 Å². The Morgan fingerprint density at radius 1 is 0.490 bits per heavy atom. The molecule has 0 aliphatic carbocycles. The van der Waals surface area contributed by atoms with Gasteiger partial charge in [-0.3, -0.25) is 4.79 Å². The molecule has 4 fully saturated rings. The highest BCUT2D eigenvalue weighted by Gasteiger charge is 2.78. The van der Waals surface area contributed by atoms with Crippen LogP contribution < -0.4 is 0 Å². The molecule has 0 radical (unpaired) electrons. The van der Waals surface area contributed by atoms with E-state index in [1.807, 2.05) is 0 Å². The fourth-order valence-corrected chi connectivity index (χ4v) is 13.9. The first-order valence-electron chi connectivity index (χ1n) is 20.9. The number of nitrogens with zero attached hydrogens (tertiary/aromatic N) is 4. The predicted molar refractivity (Wildman–Crippen MR) is 217 cm³/mol. The number of likely N-dealkylation sites (tertiary alicyclic amines) is 4. The van der Waals surface area contributed by atoms with Crippen molar-refractivity contribution in [2.24, 2.45) is 56.2 Å². The summed E-state index contributed by atoms with van der Waals surface area (Å²) in [5, 5.41) is 13.0. The second-order valence-corrected chi connectivity index (χ2v) is 22.7. The molecule has 51 heavy (non-hydrogen) atoms. The van der Waals surface area contributed by atoms with Crippen molar-refractivity contribution in [2.45, 2.75) is 172 Å². The van der Waals surface area contributed by atoms with Crippen LogP contribution in [0.5, 0.6) is 0 Å². The van der Waals surface area contributed by atoms with Crippen LogP contribution in [0.1, 0.15) is 150 Å². The quantitative estimate of drug-likeness (QED) is 0.284.